The van der Waals surface area contributed by atoms with Crippen LogP contribution in [0.3, 0.4) is 0 Å². The van der Waals surface area contributed by atoms with Crippen LogP contribution in [-0.2, 0) is 32.6 Å². The summed E-state index contributed by atoms with van der Waals surface area (Å²) in [5.41, 5.74) is 2.39. The van der Waals surface area contributed by atoms with Crippen molar-refractivity contribution < 1.29 is 27.5 Å². The highest BCUT2D eigenvalue weighted by molar-refractivity contribution is 7.92. The summed E-state index contributed by atoms with van der Waals surface area (Å²) in [6, 6.07) is 24.2. The average Bonchev–Trinajstić information content (AvgIpc) is 3.06. The maximum Gasteiger partial charge on any atom is 0.264 e. The zero-order valence-electron chi connectivity index (χ0n) is 26.6. The molecule has 47 heavy (non-hydrogen) atoms. The van der Waals surface area contributed by atoms with E-state index in [2.05, 4.69) is 5.32 Å². The van der Waals surface area contributed by atoms with E-state index in [1.54, 1.807) is 49.4 Å². The van der Waals surface area contributed by atoms with Gasteiger partial charge in [-0.15, -0.1) is 0 Å². The number of nitrogens with zero attached hydrogens (tertiary/aromatic N) is 2. The van der Waals surface area contributed by atoms with E-state index in [4.69, 9.17) is 32.7 Å². The summed E-state index contributed by atoms with van der Waals surface area (Å²) in [6.07, 6.45) is 0.160. The van der Waals surface area contributed by atoms with Gasteiger partial charge in [-0.25, -0.2) is 8.42 Å². The van der Waals surface area contributed by atoms with Gasteiger partial charge in [0.2, 0.25) is 11.8 Å². The van der Waals surface area contributed by atoms with Crippen LogP contribution in [0.1, 0.15) is 23.6 Å². The van der Waals surface area contributed by atoms with Crippen molar-refractivity contribution in [2.24, 2.45) is 0 Å². The van der Waals surface area contributed by atoms with Crippen molar-refractivity contribution >= 4 is 50.7 Å². The molecule has 9 nitrogen and oxygen atoms in total. The molecule has 0 bridgehead atoms. The number of nitrogens with one attached hydrogen (secondary N) is 1. The molecule has 4 rings (SSSR count). The molecule has 1 atom stereocenters. The summed E-state index contributed by atoms with van der Waals surface area (Å²) < 4.78 is 40.4. The van der Waals surface area contributed by atoms with E-state index in [1.807, 2.05) is 37.3 Å². The summed E-state index contributed by atoms with van der Waals surface area (Å²) in [5.74, 6) is -0.494. The fraction of sp³-hybridized carbons (Fsp3) is 0.257. The Morgan fingerprint density at radius 1 is 0.851 bits per heavy atom. The van der Waals surface area contributed by atoms with Gasteiger partial charge in [0.1, 0.15) is 12.6 Å². The molecule has 0 aromatic heterocycles. The smallest absolute Gasteiger partial charge is 0.264 e. The Morgan fingerprint density at radius 2 is 1.49 bits per heavy atom. The Morgan fingerprint density at radius 3 is 2.09 bits per heavy atom. The molecule has 0 radical (unpaired) electrons. The molecule has 1 N–H and O–H groups in total. The number of amides is 2. The zero-order valence-corrected chi connectivity index (χ0v) is 28.9. The molecular formula is C35H37Cl2N3O6S. The van der Waals surface area contributed by atoms with E-state index in [0.717, 1.165) is 15.4 Å². The molecule has 248 valence electrons. The predicted octanol–water partition coefficient (Wildman–Crippen LogP) is 6.29. The Kier molecular flexibility index (Phi) is 12.1. The van der Waals surface area contributed by atoms with Crippen molar-refractivity contribution in [2.75, 3.05) is 31.6 Å². The lowest BCUT2D eigenvalue weighted by atomic mass is 10.0. The topological polar surface area (TPSA) is 105 Å². The Balaban J connectivity index is 1.85. The minimum Gasteiger partial charge on any atom is -0.493 e. The summed E-state index contributed by atoms with van der Waals surface area (Å²) >= 11 is 13.1. The third-order valence-electron chi connectivity index (χ3n) is 7.56. The second kappa shape index (κ2) is 16.0. The molecule has 0 aliphatic rings. The molecule has 4 aromatic carbocycles. The maximum absolute atomic E-state index is 14.6. The summed E-state index contributed by atoms with van der Waals surface area (Å²) in [5, 5.41) is 3.44. The zero-order chi connectivity index (χ0) is 34.1. The molecule has 0 saturated carbocycles. The molecule has 4 aromatic rings. The summed E-state index contributed by atoms with van der Waals surface area (Å²) in [4.78, 5) is 29.5. The van der Waals surface area contributed by atoms with Crippen LogP contribution in [0, 0.1) is 6.92 Å². The SMILES string of the molecule is CCNC(=O)[C@@H](Cc1ccccc1)N(Cc1c(Cl)cccc1Cl)C(=O)CN(c1ccc(C)cc1)S(=O)(=O)c1ccc(OC)c(OC)c1. The first kappa shape index (κ1) is 35.6. The number of hydrogen-bond acceptors (Lipinski definition) is 6. The van der Waals surface area contributed by atoms with Crippen molar-refractivity contribution in [2.45, 2.75) is 37.8 Å². The highest BCUT2D eigenvalue weighted by Crippen LogP contribution is 2.33. The fourth-order valence-electron chi connectivity index (χ4n) is 5.04. The second-order valence-electron chi connectivity index (χ2n) is 10.7. The number of benzene rings is 4. The van der Waals surface area contributed by atoms with Gasteiger partial charge in [0.05, 0.1) is 24.8 Å². The van der Waals surface area contributed by atoms with Crippen LogP contribution in [0.15, 0.2) is 95.9 Å². The fourth-order valence-corrected chi connectivity index (χ4v) is 6.99. The van der Waals surface area contributed by atoms with Gasteiger partial charge in [-0.1, -0.05) is 77.3 Å². The number of methoxy groups -OCH3 is 2. The minimum absolute atomic E-state index is 0.117. The largest absolute Gasteiger partial charge is 0.493 e. The minimum atomic E-state index is -4.36. The number of rotatable bonds is 14. The van der Waals surface area contributed by atoms with Gasteiger partial charge >= 0.3 is 0 Å². The summed E-state index contributed by atoms with van der Waals surface area (Å²) in [6.45, 7) is 3.19. The molecule has 12 heteroatoms. The van der Waals surface area contributed by atoms with Crippen molar-refractivity contribution in [1.29, 1.82) is 0 Å². The van der Waals surface area contributed by atoms with Crippen LogP contribution in [-0.4, -0.2) is 58.5 Å². The molecule has 0 saturated heterocycles. The molecule has 2 amide bonds. The number of ether oxygens (including phenoxy) is 2. The van der Waals surface area contributed by atoms with Crippen LogP contribution >= 0.6 is 23.2 Å². The molecular weight excluding hydrogens is 661 g/mol. The molecule has 0 unspecified atom stereocenters. The van der Waals surface area contributed by atoms with E-state index < -0.39 is 34.4 Å². The molecule has 0 fully saturated rings. The molecule has 0 aliphatic heterocycles. The monoisotopic (exact) mass is 697 g/mol. The van der Waals surface area contributed by atoms with Gasteiger partial charge < -0.3 is 19.7 Å². The number of carbonyl (C=O) groups excluding carboxylic acids is 2. The first-order valence-electron chi connectivity index (χ1n) is 14.9. The number of aryl methyl sites for hydroxylation is 1. The lowest BCUT2D eigenvalue weighted by Gasteiger charge is -2.34. The van der Waals surface area contributed by atoms with Crippen LogP contribution in [0.4, 0.5) is 5.69 Å². The van der Waals surface area contributed by atoms with Crippen molar-refractivity contribution in [3.63, 3.8) is 0 Å². The van der Waals surface area contributed by atoms with E-state index in [0.29, 0.717) is 27.9 Å². The van der Waals surface area contributed by atoms with Crippen molar-refractivity contribution in [3.8, 4) is 11.5 Å². The van der Waals surface area contributed by atoms with E-state index in [-0.39, 0.29) is 29.3 Å². The number of sulfonamides is 1. The standard InChI is InChI=1S/C35H37Cl2N3O6S/c1-5-38-35(42)31(20-25-10-7-6-8-11-25)39(22-28-29(36)12-9-13-30(28)37)34(41)23-40(26-16-14-24(2)15-17-26)47(43,44)27-18-19-32(45-3)33(21-27)46-4/h6-19,21,31H,5,20,22-23H2,1-4H3,(H,38,42)/t31-/m1/s1. The normalized spacial score (nSPS) is 11.8. The number of carbonyl (C=O) groups is 2. The van der Waals surface area contributed by atoms with Crippen molar-refractivity contribution in [3.05, 3.63) is 118 Å². The molecule has 0 heterocycles. The van der Waals surface area contributed by atoms with E-state index >= 15 is 0 Å². The predicted molar refractivity (Wildman–Crippen MR) is 185 cm³/mol. The van der Waals surface area contributed by atoms with E-state index in [1.165, 1.54) is 37.3 Å². The van der Waals surface area contributed by atoms with Gasteiger partial charge in [0, 0.05) is 41.2 Å². The molecule has 0 aliphatic carbocycles. The third-order valence-corrected chi connectivity index (χ3v) is 10.0. The van der Waals surface area contributed by atoms with Crippen LogP contribution < -0.4 is 19.1 Å². The third kappa shape index (κ3) is 8.57. The summed E-state index contributed by atoms with van der Waals surface area (Å²) in [7, 11) is -1.51. The number of halogens is 2. The Bertz CT molecular complexity index is 1780. The first-order chi connectivity index (χ1) is 22.5. The van der Waals surface area contributed by atoms with Crippen LogP contribution in [0.25, 0.3) is 0 Å². The highest BCUT2D eigenvalue weighted by Gasteiger charge is 2.35. The van der Waals surface area contributed by atoms with Crippen molar-refractivity contribution in [1.82, 2.24) is 10.2 Å². The second-order valence-corrected chi connectivity index (χ2v) is 13.4. The number of anilines is 1. The molecule has 0 spiro atoms. The quantitative estimate of drug-likeness (QED) is 0.166. The highest BCUT2D eigenvalue weighted by atomic mass is 35.5. The van der Waals surface area contributed by atoms with E-state index in [9.17, 15) is 18.0 Å². The van der Waals surface area contributed by atoms with Crippen LogP contribution in [0.2, 0.25) is 10.0 Å². The van der Waals surface area contributed by atoms with Crippen LogP contribution in [0.5, 0.6) is 11.5 Å². The van der Waals surface area contributed by atoms with Gasteiger partial charge in [0.25, 0.3) is 10.0 Å². The lowest BCUT2D eigenvalue weighted by molar-refractivity contribution is -0.140. The Hall–Kier alpha value is -4.25. The first-order valence-corrected chi connectivity index (χ1v) is 17.0. The number of hydrogen-bond donors (Lipinski definition) is 1. The van der Waals surface area contributed by atoms with Gasteiger partial charge in [-0.2, -0.15) is 0 Å². The van der Waals surface area contributed by atoms with Gasteiger partial charge in [-0.3, -0.25) is 13.9 Å². The van der Waals surface area contributed by atoms with Gasteiger partial charge in [-0.05, 0) is 55.8 Å². The Labute approximate surface area is 286 Å². The lowest BCUT2D eigenvalue weighted by Crippen LogP contribution is -2.53. The average molecular weight is 699 g/mol. The maximum atomic E-state index is 14.6. The van der Waals surface area contributed by atoms with Gasteiger partial charge in [0.15, 0.2) is 11.5 Å². The number of likely N-dealkylation sites (N-methyl/N-ethyl adjacent to an activating group) is 1.